The summed E-state index contributed by atoms with van der Waals surface area (Å²) < 4.78 is 0. The SMILES string of the molecule is CN(C)C1(C(=O)O)CCN(Cc2ccccc2)C1. The third-order valence-corrected chi connectivity index (χ3v) is 3.83. The number of likely N-dealkylation sites (N-methyl/N-ethyl adjacent to an activating group) is 1. The molecule has 1 aromatic carbocycles. The third kappa shape index (κ3) is 2.40. The van der Waals surface area contributed by atoms with Gasteiger partial charge in [-0.25, -0.2) is 0 Å². The van der Waals surface area contributed by atoms with Crippen LogP contribution in [0.2, 0.25) is 0 Å². The van der Waals surface area contributed by atoms with Crippen LogP contribution in [0.5, 0.6) is 0 Å². The summed E-state index contributed by atoms with van der Waals surface area (Å²) in [6, 6.07) is 10.2. The summed E-state index contributed by atoms with van der Waals surface area (Å²) >= 11 is 0. The van der Waals surface area contributed by atoms with E-state index in [1.54, 1.807) is 0 Å². The fourth-order valence-corrected chi connectivity index (χ4v) is 2.58. The van der Waals surface area contributed by atoms with Gasteiger partial charge in [0.25, 0.3) is 0 Å². The van der Waals surface area contributed by atoms with Crippen molar-refractivity contribution >= 4 is 5.97 Å². The number of hydrogen-bond donors (Lipinski definition) is 1. The molecule has 0 saturated carbocycles. The first kappa shape index (κ1) is 13.1. The molecule has 0 aliphatic carbocycles. The number of benzene rings is 1. The van der Waals surface area contributed by atoms with Crippen LogP contribution in [0.15, 0.2) is 30.3 Å². The van der Waals surface area contributed by atoms with Gasteiger partial charge in [0.1, 0.15) is 5.54 Å². The summed E-state index contributed by atoms with van der Waals surface area (Å²) in [5, 5.41) is 9.45. The number of rotatable bonds is 4. The predicted molar refractivity (Wildman–Crippen MR) is 70.4 cm³/mol. The van der Waals surface area contributed by atoms with Crippen molar-refractivity contribution < 1.29 is 9.90 Å². The molecule has 4 nitrogen and oxygen atoms in total. The van der Waals surface area contributed by atoms with E-state index in [1.165, 1.54) is 5.56 Å². The van der Waals surface area contributed by atoms with Gasteiger partial charge in [-0.05, 0) is 26.1 Å². The maximum absolute atomic E-state index is 11.5. The number of hydrogen-bond acceptors (Lipinski definition) is 3. The Balaban J connectivity index is 2.06. The van der Waals surface area contributed by atoms with Gasteiger partial charge in [0.05, 0.1) is 0 Å². The Morgan fingerprint density at radius 2 is 2.06 bits per heavy atom. The van der Waals surface area contributed by atoms with E-state index in [9.17, 15) is 9.90 Å². The molecular formula is C14H20N2O2. The number of carboxylic acid groups (broad SMARTS) is 1. The predicted octanol–water partition coefficient (Wildman–Crippen LogP) is 1.28. The van der Waals surface area contributed by atoms with Crippen molar-refractivity contribution in [2.45, 2.75) is 18.5 Å². The summed E-state index contributed by atoms with van der Waals surface area (Å²) in [6.07, 6.45) is 0.683. The second-order valence-electron chi connectivity index (χ2n) is 5.18. The van der Waals surface area contributed by atoms with E-state index >= 15 is 0 Å². The maximum Gasteiger partial charge on any atom is 0.325 e. The minimum atomic E-state index is -0.727. The molecule has 18 heavy (non-hydrogen) atoms. The highest BCUT2D eigenvalue weighted by Crippen LogP contribution is 2.27. The molecular weight excluding hydrogens is 228 g/mol. The molecule has 1 unspecified atom stereocenters. The molecule has 0 spiro atoms. The van der Waals surface area contributed by atoms with E-state index in [1.807, 2.05) is 37.2 Å². The van der Waals surface area contributed by atoms with Gasteiger partial charge < -0.3 is 5.11 Å². The quantitative estimate of drug-likeness (QED) is 0.871. The van der Waals surface area contributed by atoms with Crippen LogP contribution >= 0.6 is 0 Å². The molecule has 1 aromatic rings. The molecule has 1 fully saturated rings. The summed E-state index contributed by atoms with van der Waals surface area (Å²) in [4.78, 5) is 15.5. The van der Waals surface area contributed by atoms with Crippen LogP contribution in [-0.2, 0) is 11.3 Å². The Hall–Kier alpha value is -1.39. The zero-order valence-corrected chi connectivity index (χ0v) is 11.0. The molecule has 4 heteroatoms. The molecule has 1 aliphatic rings. The van der Waals surface area contributed by atoms with Crippen LogP contribution < -0.4 is 0 Å². The van der Waals surface area contributed by atoms with Crippen molar-refractivity contribution in [3.63, 3.8) is 0 Å². The van der Waals surface area contributed by atoms with Crippen molar-refractivity contribution in [1.29, 1.82) is 0 Å². The molecule has 0 radical (unpaired) electrons. The lowest BCUT2D eigenvalue weighted by Gasteiger charge is -2.31. The van der Waals surface area contributed by atoms with Crippen molar-refractivity contribution in [3.8, 4) is 0 Å². The van der Waals surface area contributed by atoms with Gasteiger partial charge in [-0.15, -0.1) is 0 Å². The largest absolute Gasteiger partial charge is 0.480 e. The average Bonchev–Trinajstić information content (AvgIpc) is 2.76. The van der Waals surface area contributed by atoms with E-state index in [2.05, 4.69) is 17.0 Å². The molecule has 2 rings (SSSR count). The van der Waals surface area contributed by atoms with Crippen molar-refractivity contribution in [2.75, 3.05) is 27.2 Å². The number of likely N-dealkylation sites (tertiary alicyclic amines) is 1. The Morgan fingerprint density at radius 1 is 1.39 bits per heavy atom. The second-order valence-corrected chi connectivity index (χ2v) is 5.18. The lowest BCUT2D eigenvalue weighted by atomic mass is 9.97. The van der Waals surface area contributed by atoms with Gasteiger partial charge in [-0.2, -0.15) is 0 Å². The Morgan fingerprint density at radius 3 is 2.56 bits per heavy atom. The topological polar surface area (TPSA) is 43.8 Å². The fourth-order valence-electron chi connectivity index (χ4n) is 2.58. The highest BCUT2D eigenvalue weighted by atomic mass is 16.4. The van der Waals surface area contributed by atoms with Crippen LogP contribution in [0, 0.1) is 0 Å². The number of nitrogens with zero attached hydrogens (tertiary/aromatic N) is 2. The lowest BCUT2D eigenvalue weighted by Crippen LogP contribution is -2.53. The standard InChI is InChI=1S/C14H20N2O2/c1-15(2)14(13(17)18)8-9-16(11-14)10-12-6-4-3-5-7-12/h3-7H,8-11H2,1-2H3,(H,17,18). The molecule has 0 amide bonds. The van der Waals surface area contributed by atoms with Crippen LogP contribution in [-0.4, -0.2) is 53.6 Å². The van der Waals surface area contributed by atoms with Crippen LogP contribution in [0.1, 0.15) is 12.0 Å². The zero-order valence-electron chi connectivity index (χ0n) is 11.0. The first-order valence-corrected chi connectivity index (χ1v) is 6.22. The minimum Gasteiger partial charge on any atom is -0.480 e. The molecule has 0 aromatic heterocycles. The van der Waals surface area contributed by atoms with E-state index in [0.29, 0.717) is 13.0 Å². The van der Waals surface area contributed by atoms with Crippen molar-refractivity contribution in [1.82, 2.24) is 9.80 Å². The molecule has 0 bridgehead atoms. The summed E-state index contributed by atoms with van der Waals surface area (Å²) in [5.74, 6) is -0.719. The van der Waals surface area contributed by atoms with Gasteiger partial charge in [0.15, 0.2) is 0 Å². The van der Waals surface area contributed by atoms with Crippen LogP contribution in [0.4, 0.5) is 0 Å². The Bertz CT molecular complexity index is 419. The smallest absolute Gasteiger partial charge is 0.325 e. The van der Waals surface area contributed by atoms with Crippen molar-refractivity contribution in [3.05, 3.63) is 35.9 Å². The van der Waals surface area contributed by atoms with Gasteiger partial charge in [-0.1, -0.05) is 30.3 Å². The van der Waals surface area contributed by atoms with Crippen molar-refractivity contribution in [2.24, 2.45) is 0 Å². The third-order valence-electron chi connectivity index (χ3n) is 3.83. The maximum atomic E-state index is 11.5. The monoisotopic (exact) mass is 248 g/mol. The van der Waals surface area contributed by atoms with E-state index in [0.717, 1.165) is 13.1 Å². The molecule has 1 N–H and O–H groups in total. The Labute approximate surface area is 108 Å². The zero-order chi connectivity index (χ0) is 13.2. The number of aliphatic carboxylic acids is 1. The van der Waals surface area contributed by atoms with Crippen LogP contribution in [0.25, 0.3) is 0 Å². The highest BCUT2D eigenvalue weighted by molar-refractivity contribution is 5.79. The highest BCUT2D eigenvalue weighted by Gasteiger charge is 2.46. The summed E-state index contributed by atoms with van der Waals surface area (Å²) in [7, 11) is 3.69. The molecule has 1 saturated heterocycles. The first-order chi connectivity index (χ1) is 8.54. The second kappa shape index (κ2) is 5.08. The van der Waals surface area contributed by atoms with Gasteiger partial charge in [0, 0.05) is 19.6 Å². The normalized spacial score (nSPS) is 24.6. The molecule has 1 aliphatic heterocycles. The van der Waals surface area contributed by atoms with Gasteiger partial charge in [-0.3, -0.25) is 14.6 Å². The minimum absolute atomic E-state index is 0.588. The van der Waals surface area contributed by atoms with Gasteiger partial charge >= 0.3 is 5.97 Å². The van der Waals surface area contributed by atoms with Crippen LogP contribution in [0.3, 0.4) is 0 Å². The van der Waals surface area contributed by atoms with E-state index in [-0.39, 0.29) is 0 Å². The van der Waals surface area contributed by atoms with Gasteiger partial charge in [0.2, 0.25) is 0 Å². The average molecular weight is 248 g/mol. The summed E-state index contributed by atoms with van der Waals surface area (Å²) in [6.45, 7) is 2.24. The molecule has 1 heterocycles. The molecule has 1 atom stereocenters. The summed E-state index contributed by atoms with van der Waals surface area (Å²) in [5.41, 5.74) is 0.506. The number of carboxylic acids is 1. The molecule has 98 valence electrons. The van der Waals surface area contributed by atoms with E-state index in [4.69, 9.17) is 0 Å². The van der Waals surface area contributed by atoms with E-state index < -0.39 is 11.5 Å². The Kier molecular flexibility index (Phi) is 3.68. The number of carbonyl (C=O) groups is 1. The first-order valence-electron chi connectivity index (χ1n) is 6.22. The lowest BCUT2D eigenvalue weighted by molar-refractivity contribution is -0.149. The fraction of sp³-hybridized carbons (Fsp3) is 0.500.